The minimum atomic E-state index is 0.370. The third kappa shape index (κ3) is 1.94. The van der Waals surface area contributed by atoms with Crippen LogP contribution in [0.5, 0.6) is 0 Å². The van der Waals surface area contributed by atoms with Gasteiger partial charge in [0.1, 0.15) is 0 Å². The normalized spacial score (nSPS) is 27.9. The minimum absolute atomic E-state index is 0.370. The van der Waals surface area contributed by atoms with E-state index >= 15 is 0 Å². The van der Waals surface area contributed by atoms with Crippen molar-refractivity contribution in [2.75, 3.05) is 23.8 Å². The molecule has 2 fully saturated rings. The van der Waals surface area contributed by atoms with Gasteiger partial charge in [-0.15, -0.1) is 0 Å². The Balaban J connectivity index is 1.92. The van der Waals surface area contributed by atoms with Gasteiger partial charge >= 0.3 is 0 Å². The summed E-state index contributed by atoms with van der Waals surface area (Å²) in [5, 5.41) is 0. The second kappa shape index (κ2) is 4.76. The van der Waals surface area contributed by atoms with E-state index in [1.807, 2.05) is 19.2 Å². The molecule has 0 spiro atoms. The van der Waals surface area contributed by atoms with Crippen LogP contribution < -0.4 is 10.6 Å². The number of nitrogen functional groups attached to an aromatic ring is 1. The first-order valence-electron chi connectivity index (χ1n) is 6.86. The molecule has 4 heteroatoms. The van der Waals surface area contributed by atoms with Crippen LogP contribution in [0.2, 0.25) is 0 Å². The summed E-state index contributed by atoms with van der Waals surface area (Å²) >= 11 is 0. The molecule has 2 heterocycles. The molecule has 1 aliphatic carbocycles. The Kier molecular flexibility index (Phi) is 3.12. The van der Waals surface area contributed by atoms with Crippen molar-refractivity contribution in [2.24, 2.45) is 0 Å². The number of anilines is 2. The van der Waals surface area contributed by atoms with Gasteiger partial charge in [-0.1, -0.05) is 12.8 Å². The molecule has 2 aliphatic rings. The number of rotatable bonds is 1. The molecular weight excluding hydrogens is 226 g/mol. The number of morpholine rings is 1. The van der Waals surface area contributed by atoms with Crippen molar-refractivity contribution < 1.29 is 4.74 Å². The second-order valence-electron chi connectivity index (χ2n) is 5.32. The third-order valence-corrected chi connectivity index (χ3v) is 4.19. The number of nitrogens with two attached hydrogens (primary N) is 1. The zero-order valence-corrected chi connectivity index (χ0v) is 10.9. The summed E-state index contributed by atoms with van der Waals surface area (Å²) in [5.74, 6) is 0.954. The van der Waals surface area contributed by atoms with Crippen LogP contribution >= 0.6 is 0 Å². The van der Waals surface area contributed by atoms with Gasteiger partial charge in [-0.2, -0.15) is 0 Å². The maximum absolute atomic E-state index is 6.19. The largest absolute Gasteiger partial charge is 0.396 e. The van der Waals surface area contributed by atoms with Gasteiger partial charge in [0, 0.05) is 12.7 Å². The summed E-state index contributed by atoms with van der Waals surface area (Å²) in [6.45, 7) is 3.73. The predicted molar refractivity (Wildman–Crippen MR) is 72.7 cm³/mol. The Hall–Kier alpha value is -1.29. The van der Waals surface area contributed by atoms with Gasteiger partial charge < -0.3 is 15.4 Å². The molecule has 1 aliphatic heterocycles. The molecule has 0 aromatic carbocycles. The standard InChI is InChI=1S/C14H21N3O/c1-10-6-7-16-14(13(10)15)17-8-9-18-12-5-3-2-4-11(12)17/h6-7,11-12H,2-5,8-9,15H2,1H3. The first-order chi connectivity index (χ1) is 8.77. The van der Waals surface area contributed by atoms with E-state index in [0.717, 1.165) is 30.2 Å². The maximum atomic E-state index is 6.19. The SMILES string of the molecule is Cc1ccnc(N2CCOC3CCCCC32)c1N. The van der Waals surface area contributed by atoms with E-state index < -0.39 is 0 Å². The minimum Gasteiger partial charge on any atom is -0.396 e. The molecule has 4 nitrogen and oxygen atoms in total. The van der Waals surface area contributed by atoms with Crippen LogP contribution in [0.4, 0.5) is 11.5 Å². The predicted octanol–water partition coefficient (Wildman–Crippen LogP) is 2.12. The van der Waals surface area contributed by atoms with Gasteiger partial charge in [0.15, 0.2) is 5.82 Å². The molecule has 98 valence electrons. The Morgan fingerprint density at radius 2 is 2.22 bits per heavy atom. The quantitative estimate of drug-likeness (QED) is 0.826. The van der Waals surface area contributed by atoms with Crippen LogP contribution in [0.3, 0.4) is 0 Å². The number of hydrogen-bond donors (Lipinski definition) is 1. The summed E-state index contributed by atoms with van der Waals surface area (Å²) in [4.78, 5) is 6.87. The van der Waals surface area contributed by atoms with Gasteiger partial charge in [-0.25, -0.2) is 4.98 Å². The van der Waals surface area contributed by atoms with Crippen LogP contribution in [-0.4, -0.2) is 30.3 Å². The first-order valence-corrected chi connectivity index (χ1v) is 6.86. The Morgan fingerprint density at radius 1 is 1.39 bits per heavy atom. The fourth-order valence-electron chi connectivity index (χ4n) is 3.14. The summed E-state index contributed by atoms with van der Waals surface area (Å²) in [6.07, 6.45) is 7.16. The van der Waals surface area contributed by atoms with Crippen molar-refractivity contribution in [2.45, 2.75) is 44.8 Å². The van der Waals surface area contributed by atoms with Crippen molar-refractivity contribution in [1.82, 2.24) is 4.98 Å². The van der Waals surface area contributed by atoms with Crippen LogP contribution in [-0.2, 0) is 4.74 Å². The molecule has 18 heavy (non-hydrogen) atoms. The lowest BCUT2D eigenvalue weighted by atomic mass is 9.90. The molecule has 2 atom stereocenters. The topological polar surface area (TPSA) is 51.4 Å². The zero-order valence-electron chi connectivity index (χ0n) is 10.9. The van der Waals surface area contributed by atoms with Crippen molar-refractivity contribution >= 4 is 11.5 Å². The molecule has 0 bridgehead atoms. The highest BCUT2D eigenvalue weighted by molar-refractivity contribution is 5.67. The van der Waals surface area contributed by atoms with Crippen molar-refractivity contribution in [3.05, 3.63) is 17.8 Å². The van der Waals surface area contributed by atoms with Gasteiger partial charge in [0.25, 0.3) is 0 Å². The highest BCUT2D eigenvalue weighted by Crippen LogP contribution is 2.34. The number of pyridine rings is 1. The molecule has 1 aromatic heterocycles. The highest BCUT2D eigenvalue weighted by Gasteiger charge is 2.35. The fourth-order valence-corrected chi connectivity index (χ4v) is 3.14. The maximum Gasteiger partial charge on any atom is 0.152 e. The molecule has 1 saturated heterocycles. The molecule has 0 radical (unpaired) electrons. The van der Waals surface area contributed by atoms with E-state index in [1.165, 1.54) is 25.7 Å². The summed E-state index contributed by atoms with van der Waals surface area (Å²) in [5.41, 5.74) is 8.12. The number of hydrogen-bond acceptors (Lipinski definition) is 4. The van der Waals surface area contributed by atoms with Crippen LogP contribution in [0.25, 0.3) is 0 Å². The zero-order chi connectivity index (χ0) is 12.5. The van der Waals surface area contributed by atoms with Crippen LogP contribution in [0, 0.1) is 6.92 Å². The lowest BCUT2D eigenvalue weighted by molar-refractivity contribution is -0.00892. The number of nitrogens with zero attached hydrogens (tertiary/aromatic N) is 2. The van der Waals surface area contributed by atoms with Crippen molar-refractivity contribution in [3.8, 4) is 0 Å². The molecule has 2 unspecified atom stereocenters. The number of fused-ring (bicyclic) bond motifs is 1. The Labute approximate surface area is 108 Å². The first kappa shape index (κ1) is 11.8. The average Bonchev–Trinajstić information content (AvgIpc) is 2.41. The smallest absolute Gasteiger partial charge is 0.152 e. The van der Waals surface area contributed by atoms with E-state index in [1.54, 1.807) is 0 Å². The molecule has 2 N–H and O–H groups in total. The lowest BCUT2D eigenvalue weighted by Crippen LogP contribution is -2.53. The number of aromatic nitrogens is 1. The van der Waals surface area contributed by atoms with Crippen molar-refractivity contribution in [1.29, 1.82) is 0 Å². The van der Waals surface area contributed by atoms with E-state index in [0.29, 0.717) is 12.1 Å². The fraction of sp³-hybridized carbons (Fsp3) is 0.643. The van der Waals surface area contributed by atoms with Gasteiger partial charge in [-0.05, 0) is 31.4 Å². The molecule has 3 rings (SSSR count). The van der Waals surface area contributed by atoms with Crippen molar-refractivity contribution in [3.63, 3.8) is 0 Å². The van der Waals surface area contributed by atoms with Gasteiger partial charge in [0.2, 0.25) is 0 Å². The second-order valence-corrected chi connectivity index (χ2v) is 5.32. The van der Waals surface area contributed by atoms with Crippen LogP contribution in [0.15, 0.2) is 12.3 Å². The van der Waals surface area contributed by atoms with E-state index in [9.17, 15) is 0 Å². The summed E-state index contributed by atoms with van der Waals surface area (Å²) in [6, 6.07) is 2.43. The lowest BCUT2D eigenvalue weighted by Gasteiger charge is -2.44. The molecule has 0 amide bonds. The molecule has 1 saturated carbocycles. The van der Waals surface area contributed by atoms with Gasteiger partial charge in [0.05, 0.1) is 24.4 Å². The van der Waals surface area contributed by atoms with E-state index in [-0.39, 0.29) is 0 Å². The summed E-state index contributed by atoms with van der Waals surface area (Å²) < 4.78 is 5.89. The highest BCUT2D eigenvalue weighted by atomic mass is 16.5. The molecular formula is C14H21N3O. The average molecular weight is 247 g/mol. The summed E-state index contributed by atoms with van der Waals surface area (Å²) in [7, 11) is 0. The number of ether oxygens (including phenoxy) is 1. The third-order valence-electron chi connectivity index (χ3n) is 4.19. The van der Waals surface area contributed by atoms with E-state index in [2.05, 4.69) is 9.88 Å². The van der Waals surface area contributed by atoms with Gasteiger partial charge in [-0.3, -0.25) is 0 Å². The van der Waals surface area contributed by atoms with Crippen LogP contribution in [0.1, 0.15) is 31.2 Å². The van der Waals surface area contributed by atoms with E-state index in [4.69, 9.17) is 10.5 Å². The monoisotopic (exact) mass is 247 g/mol. The number of aryl methyl sites for hydroxylation is 1. The molecule has 1 aromatic rings. The Bertz CT molecular complexity index is 433. The Morgan fingerprint density at radius 3 is 3.11 bits per heavy atom.